The molecule has 1 heterocycles. The molecule has 1 aromatic heterocycles. The quantitative estimate of drug-likeness (QED) is 0.905. The van der Waals surface area contributed by atoms with Gasteiger partial charge in [0.25, 0.3) is 0 Å². The Balaban J connectivity index is 2.17. The van der Waals surface area contributed by atoms with Gasteiger partial charge < -0.3 is 10.2 Å². The van der Waals surface area contributed by atoms with Crippen molar-refractivity contribution in [2.24, 2.45) is 0 Å². The van der Waals surface area contributed by atoms with E-state index in [4.69, 9.17) is 0 Å². The molecule has 0 unspecified atom stereocenters. The Morgan fingerprint density at radius 1 is 1.29 bits per heavy atom. The predicted octanol–water partition coefficient (Wildman–Crippen LogP) is 3.98. The Bertz CT molecular complexity index is 570. The molecule has 4 heteroatoms. The van der Waals surface area contributed by atoms with Crippen LogP contribution in [-0.4, -0.2) is 17.6 Å². The summed E-state index contributed by atoms with van der Waals surface area (Å²) in [6, 6.07) is 6.65. The van der Waals surface area contributed by atoms with Gasteiger partial charge in [0.15, 0.2) is 0 Å². The van der Waals surface area contributed by atoms with Crippen LogP contribution in [-0.2, 0) is 13.1 Å². The second kappa shape index (κ2) is 6.58. The Morgan fingerprint density at radius 3 is 2.67 bits per heavy atom. The van der Waals surface area contributed by atoms with Gasteiger partial charge in [-0.3, -0.25) is 0 Å². The van der Waals surface area contributed by atoms with E-state index in [1.54, 1.807) is 11.3 Å². The molecule has 0 spiro atoms. The zero-order chi connectivity index (χ0) is 15.5. The minimum absolute atomic E-state index is 0.120. The van der Waals surface area contributed by atoms with E-state index in [1.165, 1.54) is 16.8 Å². The van der Waals surface area contributed by atoms with Gasteiger partial charge in [-0.15, -0.1) is 11.3 Å². The molecule has 0 saturated heterocycles. The molecule has 0 atom stereocenters. The van der Waals surface area contributed by atoms with Crippen LogP contribution in [0.4, 0.5) is 5.69 Å². The monoisotopic (exact) mass is 303 g/mol. The summed E-state index contributed by atoms with van der Waals surface area (Å²) in [5.74, 6) is 0. The molecule has 0 saturated carbocycles. The van der Waals surface area contributed by atoms with E-state index in [1.807, 2.05) is 5.51 Å². The SMILES string of the molecule is Cc1ccc(N(C)Cc2cscn2)c(CNC(C)(C)C)c1. The van der Waals surface area contributed by atoms with Gasteiger partial charge in [0.05, 0.1) is 17.7 Å². The van der Waals surface area contributed by atoms with Gasteiger partial charge in [0.1, 0.15) is 0 Å². The smallest absolute Gasteiger partial charge is 0.0795 e. The number of nitrogens with zero attached hydrogens (tertiary/aromatic N) is 2. The van der Waals surface area contributed by atoms with E-state index in [2.05, 4.69) is 73.5 Å². The number of anilines is 1. The minimum atomic E-state index is 0.120. The Labute approximate surface area is 132 Å². The van der Waals surface area contributed by atoms with Crippen LogP contribution in [0.15, 0.2) is 29.1 Å². The molecule has 2 rings (SSSR count). The Kier molecular flexibility index (Phi) is 5.01. The fraction of sp³-hybridized carbons (Fsp3) is 0.471. The highest BCUT2D eigenvalue weighted by Gasteiger charge is 2.13. The number of aromatic nitrogens is 1. The van der Waals surface area contributed by atoms with Crippen LogP contribution >= 0.6 is 11.3 Å². The van der Waals surface area contributed by atoms with Crippen LogP contribution in [0, 0.1) is 6.92 Å². The molecular weight excluding hydrogens is 278 g/mol. The van der Waals surface area contributed by atoms with Gasteiger partial charge in [-0.1, -0.05) is 17.7 Å². The summed E-state index contributed by atoms with van der Waals surface area (Å²) < 4.78 is 0. The molecule has 0 aliphatic rings. The van der Waals surface area contributed by atoms with Crippen LogP contribution < -0.4 is 10.2 Å². The number of hydrogen-bond acceptors (Lipinski definition) is 4. The normalized spacial score (nSPS) is 11.7. The van der Waals surface area contributed by atoms with Crippen LogP contribution in [0.2, 0.25) is 0 Å². The average molecular weight is 303 g/mol. The third-order valence-electron chi connectivity index (χ3n) is 3.34. The van der Waals surface area contributed by atoms with Crippen LogP contribution in [0.1, 0.15) is 37.6 Å². The van der Waals surface area contributed by atoms with Crippen molar-refractivity contribution >= 4 is 17.0 Å². The second-order valence-corrected chi connectivity index (χ2v) is 7.29. The first-order valence-electron chi connectivity index (χ1n) is 7.28. The Morgan fingerprint density at radius 2 is 2.05 bits per heavy atom. The lowest BCUT2D eigenvalue weighted by Crippen LogP contribution is -2.35. The summed E-state index contributed by atoms with van der Waals surface area (Å²) in [5.41, 5.74) is 7.03. The molecular formula is C17H25N3S. The van der Waals surface area contributed by atoms with Crippen LogP contribution in [0.25, 0.3) is 0 Å². The molecule has 0 fully saturated rings. The van der Waals surface area contributed by atoms with Crippen LogP contribution in [0.3, 0.4) is 0 Å². The number of benzene rings is 1. The predicted molar refractivity (Wildman–Crippen MR) is 92.0 cm³/mol. The van der Waals surface area contributed by atoms with Crippen molar-refractivity contribution in [3.8, 4) is 0 Å². The number of thiazole rings is 1. The van der Waals surface area contributed by atoms with E-state index < -0.39 is 0 Å². The minimum Gasteiger partial charge on any atom is -0.368 e. The molecule has 1 N–H and O–H groups in total. The number of nitrogens with one attached hydrogen (secondary N) is 1. The van der Waals surface area contributed by atoms with Crippen molar-refractivity contribution in [3.05, 3.63) is 45.9 Å². The highest BCUT2D eigenvalue weighted by Crippen LogP contribution is 2.23. The van der Waals surface area contributed by atoms with Gasteiger partial charge in [-0.2, -0.15) is 0 Å². The Hall–Kier alpha value is -1.39. The molecule has 0 radical (unpaired) electrons. The van der Waals surface area contributed by atoms with Crippen LogP contribution in [0.5, 0.6) is 0 Å². The van der Waals surface area contributed by atoms with Gasteiger partial charge in [0, 0.05) is 30.2 Å². The average Bonchev–Trinajstić information content (AvgIpc) is 2.88. The first-order chi connectivity index (χ1) is 9.85. The zero-order valence-corrected chi connectivity index (χ0v) is 14.4. The second-order valence-electron chi connectivity index (χ2n) is 6.57. The third-order valence-corrected chi connectivity index (χ3v) is 3.97. The number of aryl methyl sites for hydroxylation is 1. The van der Waals surface area contributed by atoms with Crippen molar-refractivity contribution in [2.75, 3.05) is 11.9 Å². The molecule has 0 aliphatic carbocycles. The molecule has 114 valence electrons. The lowest BCUT2D eigenvalue weighted by atomic mass is 10.1. The number of rotatable bonds is 5. The third kappa shape index (κ3) is 4.83. The van der Waals surface area contributed by atoms with Crippen molar-refractivity contribution < 1.29 is 0 Å². The van der Waals surface area contributed by atoms with Crippen molar-refractivity contribution in [1.82, 2.24) is 10.3 Å². The van der Waals surface area contributed by atoms with Gasteiger partial charge in [-0.25, -0.2) is 4.98 Å². The lowest BCUT2D eigenvalue weighted by molar-refractivity contribution is 0.424. The summed E-state index contributed by atoms with van der Waals surface area (Å²) in [6.07, 6.45) is 0. The molecule has 3 nitrogen and oxygen atoms in total. The standard InChI is InChI=1S/C17H25N3S/c1-13-6-7-16(14(8-13)9-19-17(2,3)4)20(5)10-15-11-21-12-18-15/h6-8,11-12,19H,9-10H2,1-5H3. The van der Waals surface area contributed by atoms with E-state index >= 15 is 0 Å². The highest BCUT2D eigenvalue weighted by molar-refractivity contribution is 7.07. The van der Waals surface area contributed by atoms with E-state index in [0.717, 1.165) is 18.8 Å². The molecule has 2 aromatic rings. The first-order valence-corrected chi connectivity index (χ1v) is 8.22. The summed E-state index contributed by atoms with van der Waals surface area (Å²) in [5, 5.41) is 5.69. The van der Waals surface area contributed by atoms with Crippen molar-refractivity contribution in [1.29, 1.82) is 0 Å². The fourth-order valence-corrected chi connectivity index (χ4v) is 2.78. The number of hydrogen-bond donors (Lipinski definition) is 1. The van der Waals surface area contributed by atoms with E-state index in [9.17, 15) is 0 Å². The molecule has 21 heavy (non-hydrogen) atoms. The van der Waals surface area contributed by atoms with E-state index in [-0.39, 0.29) is 5.54 Å². The van der Waals surface area contributed by atoms with Crippen molar-refractivity contribution in [2.45, 2.75) is 46.3 Å². The largest absolute Gasteiger partial charge is 0.368 e. The van der Waals surface area contributed by atoms with E-state index in [0.29, 0.717) is 0 Å². The molecule has 0 amide bonds. The summed E-state index contributed by atoms with van der Waals surface area (Å²) in [7, 11) is 2.13. The maximum Gasteiger partial charge on any atom is 0.0795 e. The highest BCUT2D eigenvalue weighted by atomic mass is 32.1. The first kappa shape index (κ1) is 16.0. The molecule has 0 bridgehead atoms. The summed E-state index contributed by atoms with van der Waals surface area (Å²) >= 11 is 1.65. The summed E-state index contributed by atoms with van der Waals surface area (Å²) in [6.45, 7) is 10.5. The van der Waals surface area contributed by atoms with Gasteiger partial charge in [0.2, 0.25) is 0 Å². The maximum atomic E-state index is 4.38. The van der Waals surface area contributed by atoms with Gasteiger partial charge in [-0.05, 0) is 39.3 Å². The summed E-state index contributed by atoms with van der Waals surface area (Å²) in [4.78, 5) is 6.65. The molecule has 1 aromatic carbocycles. The lowest BCUT2D eigenvalue weighted by Gasteiger charge is -2.25. The zero-order valence-electron chi connectivity index (χ0n) is 13.6. The fourth-order valence-electron chi connectivity index (χ4n) is 2.23. The van der Waals surface area contributed by atoms with Gasteiger partial charge >= 0.3 is 0 Å². The topological polar surface area (TPSA) is 28.2 Å². The maximum absolute atomic E-state index is 4.38. The molecule has 0 aliphatic heterocycles. The van der Waals surface area contributed by atoms with Crippen molar-refractivity contribution in [3.63, 3.8) is 0 Å².